The highest BCUT2D eigenvalue weighted by Gasteiger charge is 2.34. The van der Waals surface area contributed by atoms with Crippen LogP contribution in [0.25, 0.3) is 0 Å². The molecule has 2 amide bonds. The Balaban J connectivity index is 1.84. The van der Waals surface area contributed by atoms with E-state index in [1.54, 1.807) is 29.2 Å². The normalized spacial score (nSPS) is 21.5. The van der Waals surface area contributed by atoms with E-state index in [-0.39, 0.29) is 11.8 Å². The summed E-state index contributed by atoms with van der Waals surface area (Å²) in [6, 6.07) is 6.15. The van der Waals surface area contributed by atoms with Crippen LogP contribution in [0.1, 0.15) is 36.0 Å². The van der Waals surface area contributed by atoms with E-state index in [0.29, 0.717) is 43.6 Å². The fourth-order valence-corrected chi connectivity index (χ4v) is 3.16. The molecule has 3 rings (SSSR count). The molecule has 0 spiro atoms. The number of amides is 2. The molecule has 1 atom stereocenters. The zero-order valence-corrected chi connectivity index (χ0v) is 12.2. The number of carbonyl (C=O) groups excluding carboxylic acids is 2. The molecule has 22 heavy (non-hydrogen) atoms. The third-order valence-electron chi connectivity index (χ3n) is 4.28. The van der Waals surface area contributed by atoms with E-state index < -0.39 is 12.0 Å². The van der Waals surface area contributed by atoms with Crippen molar-refractivity contribution in [1.82, 2.24) is 4.90 Å². The van der Waals surface area contributed by atoms with Crippen molar-refractivity contribution in [3.8, 4) is 0 Å². The Morgan fingerprint density at radius 2 is 2.00 bits per heavy atom. The monoisotopic (exact) mass is 302 g/mol. The molecular weight excluding hydrogens is 284 g/mol. The lowest BCUT2D eigenvalue weighted by molar-refractivity contribution is -0.141. The standard InChI is InChI=1S/C16H18N2O4/c19-14-7-3-8-17(14)12-5-1-4-11(10-12)15(20)18-9-2-6-13(18)16(21)22/h1,4-5,10,13H,2-3,6-9H2,(H,21,22)/t13-/m1/s1. The van der Waals surface area contributed by atoms with Crippen LogP contribution < -0.4 is 4.90 Å². The molecule has 0 aromatic heterocycles. The third kappa shape index (κ3) is 2.56. The number of nitrogens with zero attached hydrogens (tertiary/aromatic N) is 2. The van der Waals surface area contributed by atoms with Gasteiger partial charge < -0.3 is 14.9 Å². The SMILES string of the molecule is O=C(O)[C@H]1CCCN1C(=O)c1cccc(N2CCCC2=O)c1. The van der Waals surface area contributed by atoms with Gasteiger partial charge in [-0.25, -0.2) is 4.79 Å². The first-order valence-electron chi connectivity index (χ1n) is 7.52. The zero-order valence-electron chi connectivity index (χ0n) is 12.2. The number of carboxylic acid groups (broad SMARTS) is 1. The summed E-state index contributed by atoms with van der Waals surface area (Å²) in [5.41, 5.74) is 1.14. The summed E-state index contributed by atoms with van der Waals surface area (Å²) in [4.78, 5) is 38.7. The van der Waals surface area contributed by atoms with E-state index in [9.17, 15) is 19.5 Å². The molecule has 0 bridgehead atoms. The van der Waals surface area contributed by atoms with Crippen molar-refractivity contribution in [2.45, 2.75) is 31.7 Å². The van der Waals surface area contributed by atoms with Crippen LogP contribution in [0.2, 0.25) is 0 Å². The van der Waals surface area contributed by atoms with E-state index in [2.05, 4.69) is 0 Å². The second kappa shape index (κ2) is 5.79. The molecule has 2 fully saturated rings. The van der Waals surface area contributed by atoms with E-state index in [0.717, 1.165) is 6.42 Å². The lowest BCUT2D eigenvalue weighted by Crippen LogP contribution is -2.40. The van der Waals surface area contributed by atoms with Gasteiger partial charge in [-0.1, -0.05) is 6.07 Å². The molecule has 2 heterocycles. The summed E-state index contributed by atoms with van der Waals surface area (Å²) >= 11 is 0. The van der Waals surface area contributed by atoms with Crippen LogP contribution in [0.3, 0.4) is 0 Å². The zero-order chi connectivity index (χ0) is 15.7. The minimum Gasteiger partial charge on any atom is -0.480 e. The first kappa shape index (κ1) is 14.6. The van der Waals surface area contributed by atoms with Gasteiger partial charge in [0.15, 0.2) is 0 Å². The lowest BCUT2D eigenvalue weighted by Gasteiger charge is -2.22. The second-order valence-electron chi connectivity index (χ2n) is 5.69. The Hall–Kier alpha value is -2.37. The average Bonchev–Trinajstić information content (AvgIpc) is 3.15. The molecule has 6 nitrogen and oxygen atoms in total. The van der Waals surface area contributed by atoms with Gasteiger partial charge in [-0.2, -0.15) is 0 Å². The van der Waals surface area contributed by atoms with E-state index in [1.807, 2.05) is 0 Å². The Bertz CT molecular complexity index is 628. The maximum absolute atomic E-state index is 12.6. The highest BCUT2D eigenvalue weighted by molar-refractivity contribution is 6.00. The van der Waals surface area contributed by atoms with Crippen molar-refractivity contribution < 1.29 is 19.5 Å². The van der Waals surface area contributed by atoms with Crippen LogP contribution in [0.4, 0.5) is 5.69 Å². The van der Waals surface area contributed by atoms with Crippen LogP contribution in [-0.4, -0.2) is 46.9 Å². The Labute approximate surface area is 128 Å². The van der Waals surface area contributed by atoms with Gasteiger partial charge in [0.1, 0.15) is 6.04 Å². The molecular formula is C16H18N2O4. The largest absolute Gasteiger partial charge is 0.480 e. The Morgan fingerprint density at radius 1 is 1.18 bits per heavy atom. The molecule has 0 unspecified atom stereocenters. The highest BCUT2D eigenvalue weighted by Crippen LogP contribution is 2.25. The maximum atomic E-state index is 12.6. The predicted molar refractivity (Wildman–Crippen MR) is 79.7 cm³/mol. The van der Waals surface area contributed by atoms with Crippen LogP contribution in [-0.2, 0) is 9.59 Å². The molecule has 0 aliphatic carbocycles. The quantitative estimate of drug-likeness (QED) is 0.918. The lowest BCUT2D eigenvalue weighted by atomic mass is 10.1. The van der Waals surface area contributed by atoms with Crippen LogP contribution in [0.15, 0.2) is 24.3 Å². The predicted octanol–water partition coefficient (Wildman–Crippen LogP) is 1.50. The molecule has 116 valence electrons. The summed E-state index contributed by atoms with van der Waals surface area (Å²) in [6.45, 7) is 1.13. The van der Waals surface area contributed by atoms with Gasteiger partial charge in [-0.05, 0) is 37.5 Å². The van der Waals surface area contributed by atoms with Crippen molar-refractivity contribution in [3.63, 3.8) is 0 Å². The third-order valence-corrected chi connectivity index (χ3v) is 4.28. The van der Waals surface area contributed by atoms with Crippen molar-refractivity contribution in [1.29, 1.82) is 0 Å². The number of hydrogen-bond acceptors (Lipinski definition) is 3. The van der Waals surface area contributed by atoms with Crippen LogP contribution in [0, 0.1) is 0 Å². The molecule has 1 aromatic rings. The molecule has 1 aromatic carbocycles. The molecule has 2 aliphatic heterocycles. The van der Waals surface area contributed by atoms with Gasteiger partial charge in [0.2, 0.25) is 5.91 Å². The van der Waals surface area contributed by atoms with Gasteiger partial charge in [0, 0.05) is 30.8 Å². The summed E-state index contributed by atoms with van der Waals surface area (Å²) in [7, 11) is 0. The molecule has 6 heteroatoms. The number of carboxylic acids is 1. The van der Waals surface area contributed by atoms with E-state index in [4.69, 9.17) is 0 Å². The molecule has 0 radical (unpaired) electrons. The number of aliphatic carboxylic acids is 1. The number of likely N-dealkylation sites (tertiary alicyclic amines) is 1. The van der Waals surface area contributed by atoms with Crippen molar-refractivity contribution in [3.05, 3.63) is 29.8 Å². The molecule has 0 saturated carbocycles. The average molecular weight is 302 g/mol. The highest BCUT2D eigenvalue weighted by atomic mass is 16.4. The molecule has 2 aliphatic rings. The molecule has 1 N–H and O–H groups in total. The van der Waals surface area contributed by atoms with Gasteiger partial charge in [0.05, 0.1) is 0 Å². The number of anilines is 1. The fourth-order valence-electron chi connectivity index (χ4n) is 3.16. The Kier molecular flexibility index (Phi) is 3.83. The van der Waals surface area contributed by atoms with Crippen molar-refractivity contribution in [2.24, 2.45) is 0 Å². The number of hydrogen-bond donors (Lipinski definition) is 1. The molecule has 2 saturated heterocycles. The van der Waals surface area contributed by atoms with Crippen LogP contribution in [0.5, 0.6) is 0 Å². The minimum atomic E-state index is -0.961. The second-order valence-corrected chi connectivity index (χ2v) is 5.69. The summed E-state index contributed by atoms with van der Waals surface area (Å²) < 4.78 is 0. The smallest absolute Gasteiger partial charge is 0.326 e. The van der Waals surface area contributed by atoms with Crippen molar-refractivity contribution >= 4 is 23.5 Å². The first-order valence-corrected chi connectivity index (χ1v) is 7.52. The Morgan fingerprint density at radius 3 is 2.68 bits per heavy atom. The topological polar surface area (TPSA) is 77.9 Å². The maximum Gasteiger partial charge on any atom is 0.326 e. The van der Waals surface area contributed by atoms with E-state index in [1.165, 1.54) is 4.90 Å². The number of benzene rings is 1. The van der Waals surface area contributed by atoms with Gasteiger partial charge in [-0.15, -0.1) is 0 Å². The van der Waals surface area contributed by atoms with Gasteiger partial charge in [-0.3, -0.25) is 9.59 Å². The summed E-state index contributed by atoms with van der Waals surface area (Å²) in [6.07, 6.45) is 2.55. The van der Waals surface area contributed by atoms with Crippen molar-refractivity contribution in [2.75, 3.05) is 18.0 Å². The number of rotatable bonds is 3. The summed E-state index contributed by atoms with van der Waals surface area (Å²) in [5, 5.41) is 9.19. The fraction of sp³-hybridized carbons (Fsp3) is 0.438. The first-order chi connectivity index (χ1) is 10.6. The van der Waals surface area contributed by atoms with E-state index >= 15 is 0 Å². The summed E-state index contributed by atoms with van der Waals surface area (Å²) in [5.74, 6) is -1.18. The minimum absolute atomic E-state index is 0.0641. The number of carbonyl (C=O) groups is 3. The van der Waals surface area contributed by atoms with Gasteiger partial charge in [0.25, 0.3) is 5.91 Å². The van der Waals surface area contributed by atoms with Gasteiger partial charge >= 0.3 is 5.97 Å². The van der Waals surface area contributed by atoms with Crippen LogP contribution >= 0.6 is 0 Å².